The van der Waals surface area contributed by atoms with E-state index in [2.05, 4.69) is 104 Å². The molecule has 0 fully saturated rings. The Labute approximate surface area is 288 Å². The van der Waals surface area contributed by atoms with Crippen molar-refractivity contribution in [2.75, 3.05) is 0 Å². The fourth-order valence-corrected chi connectivity index (χ4v) is 7.36. The fraction of sp³-hybridized carbons (Fsp3) is 0. The van der Waals surface area contributed by atoms with Gasteiger partial charge in [0, 0.05) is 38.6 Å². The summed E-state index contributed by atoms with van der Waals surface area (Å²) in [6.07, 6.45) is 0. The molecule has 50 heavy (non-hydrogen) atoms. The molecular formula is C45H25N5. The minimum absolute atomic E-state index is 0.560. The van der Waals surface area contributed by atoms with Crippen LogP contribution in [0, 0.1) is 24.5 Å². The van der Waals surface area contributed by atoms with Crippen LogP contribution in [0.3, 0.4) is 0 Å². The number of para-hydroxylation sites is 2. The molecule has 9 rings (SSSR count). The number of benzene rings is 7. The van der Waals surface area contributed by atoms with Gasteiger partial charge in [0.25, 0.3) is 0 Å². The molecule has 0 amide bonds. The van der Waals surface area contributed by atoms with Gasteiger partial charge in [-0.05, 0) is 76.7 Å². The summed E-state index contributed by atoms with van der Waals surface area (Å²) >= 11 is 0. The van der Waals surface area contributed by atoms with Crippen molar-refractivity contribution in [3.8, 4) is 39.7 Å². The third kappa shape index (κ3) is 4.38. The van der Waals surface area contributed by atoms with Crippen molar-refractivity contribution in [1.29, 1.82) is 5.26 Å². The van der Waals surface area contributed by atoms with Crippen molar-refractivity contribution in [1.82, 2.24) is 9.13 Å². The van der Waals surface area contributed by atoms with Crippen LogP contribution in [0.15, 0.2) is 152 Å². The van der Waals surface area contributed by atoms with Gasteiger partial charge in [0.15, 0.2) is 11.4 Å². The van der Waals surface area contributed by atoms with Crippen molar-refractivity contribution >= 4 is 55.0 Å². The summed E-state index contributed by atoms with van der Waals surface area (Å²) < 4.78 is 4.45. The van der Waals surface area contributed by atoms with E-state index in [1.165, 1.54) is 0 Å². The van der Waals surface area contributed by atoms with E-state index in [1.807, 2.05) is 72.8 Å². The van der Waals surface area contributed by atoms with E-state index in [1.54, 1.807) is 0 Å². The van der Waals surface area contributed by atoms with Crippen LogP contribution >= 0.6 is 0 Å². The smallest absolute Gasteiger partial charge is 0.197 e. The second kappa shape index (κ2) is 11.4. The molecule has 7 aromatic carbocycles. The molecule has 9 aromatic rings. The average molecular weight is 636 g/mol. The predicted molar refractivity (Wildman–Crippen MR) is 203 cm³/mol. The lowest BCUT2D eigenvalue weighted by molar-refractivity contribution is 1.18. The Balaban J connectivity index is 1.17. The third-order valence-electron chi connectivity index (χ3n) is 9.58. The molecule has 0 saturated heterocycles. The van der Waals surface area contributed by atoms with Gasteiger partial charge >= 0.3 is 0 Å². The maximum atomic E-state index is 9.62. The summed E-state index contributed by atoms with van der Waals surface area (Å²) in [5.74, 6) is 0. The normalized spacial score (nSPS) is 11.1. The molecule has 2 heterocycles. The molecule has 0 aliphatic heterocycles. The van der Waals surface area contributed by atoms with Crippen LogP contribution in [0.4, 0.5) is 11.4 Å². The van der Waals surface area contributed by atoms with Crippen molar-refractivity contribution in [3.05, 3.63) is 180 Å². The summed E-state index contributed by atoms with van der Waals surface area (Å²) in [6.45, 7) is 15.6. The molecule has 0 N–H and O–H groups in total. The van der Waals surface area contributed by atoms with Crippen molar-refractivity contribution in [2.45, 2.75) is 0 Å². The number of nitriles is 1. The standard InChI is InChI=1S/C45H25N5/c1-47-33-22-23-35(44(27-33)50-40-14-5-3-11-36(40)38-25-29(28-46)17-24-42(38)50)31-20-18-30(19-21-31)32-9-7-10-34(26-32)49-41-15-6-4-12-37(41)45-39(48-2)13-8-16-43(45)49/h3-27H. The molecule has 0 radical (unpaired) electrons. The minimum Gasteiger partial charge on any atom is -0.311 e. The Morgan fingerprint density at radius 2 is 1.20 bits per heavy atom. The van der Waals surface area contributed by atoms with E-state index in [-0.39, 0.29) is 0 Å². The van der Waals surface area contributed by atoms with E-state index in [0.717, 1.165) is 77.2 Å². The monoisotopic (exact) mass is 635 g/mol. The van der Waals surface area contributed by atoms with Crippen LogP contribution in [0.2, 0.25) is 0 Å². The molecule has 0 atom stereocenters. The van der Waals surface area contributed by atoms with Gasteiger partial charge in [-0.25, -0.2) is 9.69 Å². The third-order valence-corrected chi connectivity index (χ3v) is 9.58. The van der Waals surface area contributed by atoms with E-state index in [4.69, 9.17) is 13.1 Å². The summed E-state index contributed by atoms with van der Waals surface area (Å²) in [5.41, 5.74) is 12.0. The highest BCUT2D eigenvalue weighted by atomic mass is 15.0. The topological polar surface area (TPSA) is 42.4 Å². The molecule has 0 spiro atoms. The van der Waals surface area contributed by atoms with E-state index in [0.29, 0.717) is 16.9 Å². The second-order valence-electron chi connectivity index (χ2n) is 12.3. The number of hydrogen-bond donors (Lipinski definition) is 0. The molecule has 0 bridgehead atoms. The highest BCUT2D eigenvalue weighted by molar-refractivity contribution is 6.15. The quantitative estimate of drug-likeness (QED) is 0.177. The fourth-order valence-electron chi connectivity index (χ4n) is 7.36. The Morgan fingerprint density at radius 1 is 0.500 bits per heavy atom. The van der Waals surface area contributed by atoms with Gasteiger partial charge in [-0.1, -0.05) is 97.1 Å². The number of rotatable bonds is 4. The van der Waals surface area contributed by atoms with Crippen LogP contribution < -0.4 is 0 Å². The van der Waals surface area contributed by atoms with Gasteiger partial charge in [-0.15, -0.1) is 0 Å². The zero-order chi connectivity index (χ0) is 33.8. The van der Waals surface area contributed by atoms with Gasteiger partial charge in [0.1, 0.15) is 0 Å². The maximum absolute atomic E-state index is 9.62. The molecule has 0 aliphatic rings. The van der Waals surface area contributed by atoms with Crippen molar-refractivity contribution in [3.63, 3.8) is 0 Å². The lowest BCUT2D eigenvalue weighted by atomic mass is 9.98. The second-order valence-corrected chi connectivity index (χ2v) is 12.3. The van der Waals surface area contributed by atoms with Gasteiger partial charge in [-0.2, -0.15) is 5.26 Å². The summed E-state index contributed by atoms with van der Waals surface area (Å²) in [4.78, 5) is 7.60. The van der Waals surface area contributed by atoms with Gasteiger partial charge in [-0.3, -0.25) is 0 Å². The van der Waals surface area contributed by atoms with Crippen LogP contribution in [-0.2, 0) is 0 Å². The number of aromatic nitrogens is 2. The summed E-state index contributed by atoms with van der Waals surface area (Å²) in [6, 6.07) is 53.4. The Hall–Kier alpha value is -7.39. The van der Waals surface area contributed by atoms with Crippen LogP contribution in [-0.4, -0.2) is 9.13 Å². The molecule has 5 heteroatoms. The number of fused-ring (bicyclic) bond motifs is 6. The Kier molecular flexibility index (Phi) is 6.56. The zero-order valence-electron chi connectivity index (χ0n) is 26.7. The highest BCUT2D eigenvalue weighted by Crippen LogP contribution is 2.40. The first-order chi connectivity index (χ1) is 24.7. The first-order valence-electron chi connectivity index (χ1n) is 16.2. The largest absolute Gasteiger partial charge is 0.311 e. The Bertz CT molecular complexity index is 2960. The van der Waals surface area contributed by atoms with Crippen LogP contribution in [0.25, 0.3) is 86.9 Å². The van der Waals surface area contributed by atoms with Crippen LogP contribution in [0.5, 0.6) is 0 Å². The van der Waals surface area contributed by atoms with Gasteiger partial charge < -0.3 is 9.13 Å². The minimum atomic E-state index is 0.560. The Morgan fingerprint density at radius 3 is 1.98 bits per heavy atom. The average Bonchev–Trinajstić information content (AvgIpc) is 3.70. The van der Waals surface area contributed by atoms with Crippen molar-refractivity contribution < 1.29 is 0 Å². The molecule has 5 nitrogen and oxygen atoms in total. The molecule has 0 unspecified atom stereocenters. The lowest BCUT2D eigenvalue weighted by Crippen LogP contribution is -1.97. The summed E-state index contributed by atoms with van der Waals surface area (Å²) in [5, 5.41) is 13.7. The SMILES string of the molecule is [C-]#[N+]c1ccc(-c2ccc(-c3cccc(-n4c5ccccc5c5c([N+]#[C-])cccc54)c3)cc2)c(-n2c3ccccc3c3cc(C#N)ccc32)c1. The number of hydrogen-bond acceptors (Lipinski definition) is 1. The first-order valence-corrected chi connectivity index (χ1v) is 16.2. The van der Waals surface area contributed by atoms with Crippen molar-refractivity contribution in [2.24, 2.45) is 0 Å². The number of nitrogens with zero attached hydrogens (tertiary/aromatic N) is 5. The predicted octanol–water partition coefficient (Wildman–Crippen LogP) is 12.2. The van der Waals surface area contributed by atoms with E-state index >= 15 is 0 Å². The highest BCUT2D eigenvalue weighted by Gasteiger charge is 2.18. The van der Waals surface area contributed by atoms with Crippen LogP contribution in [0.1, 0.15) is 5.56 Å². The molecular weight excluding hydrogens is 611 g/mol. The zero-order valence-corrected chi connectivity index (χ0v) is 26.7. The lowest BCUT2D eigenvalue weighted by Gasteiger charge is -2.15. The molecule has 230 valence electrons. The van der Waals surface area contributed by atoms with Gasteiger partial charge in [0.2, 0.25) is 0 Å². The maximum Gasteiger partial charge on any atom is 0.197 e. The van der Waals surface area contributed by atoms with E-state index < -0.39 is 0 Å². The molecule has 2 aromatic heterocycles. The van der Waals surface area contributed by atoms with Gasteiger partial charge in [0.05, 0.1) is 41.3 Å². The molecule has 0 aliphatic carbocycles. The summed E-state index contributed by atoms with van der Waals surface area (Å²) in [7, 11) is 0. The van der Waals surface area contributed by atoms with E-state index in [9.17, 15) is 5.26 Å². The first kappa shape index (κ1) is 28.8. The molecule has 0 saturated carbocycles.